The van der Waals surface area contributed by atoms with Crippen LogP contribution in [0.4, 0.5) is 5.13 Å². The van der Waals surface area contributed by atoms with Gasteiger partial charge in [-0.05, 0) is 66.4 Å². The van der Waals surface area contributed by atoms with Crippen LogP contribution < -0.4 is 5.32 Å². The van der Waals surface area contributed by atoms with Crippen molar-refractivity contribution in [3.63, 3.8) is 0 Å². The topological polar surface area (TPSA) is 131 Å². The number of tetrazole rings is 1. The number of fused-ring (bicyclic) bond motifs is 3. The fraction of sp³-hybridized carbons (Fsp3) is 0.308. The molecule has 6 rings (SSSR count). The smallest absolute Gasteiger partial charge is 0.253 e. The van der Waals surface area contributed by atoms with Crippen LogP contribution in [-0.4, -0.2) is 64.2 Å². The highest BCUT2D eigenvalue weighted by atomic mass is 32.1. The molecule has 0 spiro atoms. The van der Waals surface area contributed by atoms with E-state index in [1.807, 2.05) is 60.4 Å². The van der Waals surface area contributed by atoms with Crippen LogP contribution in [0, 0.1) is 12.8 Å². The summed E-state index contributed by atoms with van der Waals surface area (Å²) < 4.78 is 5.57. The number of amides is 2. The second-order valence-electron chi connectivity index (χ2n) is 8.95. The van der Waals surface area contributed by atoms with E-state index in [9.17, 15) is 9.59 Å². The minimum absolute atomic E-state index is 0.0360. The molecule has 1 aliphatic heterocycles. The van der Waals surface area contributed by atoms with Crippen LogP contribution in [0.15, 0.2) is 54.9 Å². The first-order chi connectivity index (χ1) is 18.5. The summed E-state index contributed by atoms with van der Waals surface area (Å²) in [5.41, 5.74) is 5.32. The molecule has 3 aromatic heterocycles. The molecule has 11 nitrogen and oxygen atoms in total. The molecule has 1 saturated heterocycles. The van der Waals surface area contributed by atoms with Crippen molar-refractivity contribution < 1.29 is 9.59 Å². The molecule has 12 heteroatoms. The number of carbonyl (C=O) groups excluding carboxylic acids is 2. The van der Waals surface area contributed by atoms with Gasteiger partial charge in [-0.15, -0.1) is 5.10 Å². The Morgan fingerprint density at radius 1 is 1.08 bits per heavy atom. The van der Waals surface area contributed by atoms with Crippen molar-refractivity contribution in [3.8, 4) is 0 Å². The van der Waals surface area contributed by atoms with Gasteiger partial charge in [-0.25, -0.2) is 9.97 Å². The lowest BCUT2D eigenvalue weighted by Crippen LogP contribution is -2.41. The quantitative estimate of drug-likeness (QED) is 0.374. The van der Waals surface area contributed by atoms with E-state index in [-0.39, 0.29) is 17.7 Å². The van der Waals surface area contributed by atoms with E-state index < -0.39 is 0 Å². The molecule has 0 unspecified atom stereocenters. The fourth-order valence-corrected chi connectivity index (χ4v) is 4.82. The lowest BCUT2D eigenvalue weighted by atomic mass is 9.95. The van der Waals surface area contributed by atoms with Crippen molar-refractivity contribution in [1.29, 1.82) is 0 Å². The molecule has 0 bridgehead atoms. The summed E-state index contributed by atoms with van der Waals surface area (Å²) in [6.07, 6.45) is 3.72. The van der Waals surface area contributed by atoms with Gasteiger partial charge < -0.3 is 10.2 Å². The van der Waals surface area contributed by atoms with E-state index in [1.165, 1.54) is 11.9 Å². The number of para-hydroxylation sites is 2. The molecule has 2 aromatic carbocycles. The van der Waals surface area contributed by atoms with Crippen LogP contribution in [0.2, 0.25) is 0 Å². The average Bonchev–Trinajstić information content (AvgIpc) is 3.66. The Balaban J connectivity index is 0.000000177. The molecule has 0 aliphatic carbocycles. The lowest BCUT2D eigenvalue weighted by molar-refractivity contribution is -0.121. The van der Waals surface area contributed by atoms with Crippen molar-refractivity contribution in [1.82, 2.24) is 39.3 Å². The first kappa shape index (κ1) is 25.3. The summed E-state index contributed by atoms with van der Waals surface area (Å²) in [5.74, 6) is -0.0767. The predicted molar refractivity (Wildman–Crippen MR) is 144 cm³/mol. The zero-order valence-corrected chi connectivity index (χ0v) is 21.9. The highest BCUT2D eigenvalue weighted by molar-refractivity contribution is 7.09. The first-order valence-electron chi connectivity index (χ1n) is 12.4. The van der Waals surface area contributed by atoms with Gasteiger partial charge >= 0.3 is 0 Å². The van der Waals surface area contributed by atoms with Crippen molar-refractivity contribution in [2.75, 3.05) is 18.4 Å². The molecule has 2 amide bonds. The minimum atomic E-state index is -0.0829. The highest BCUT2D eigenvalue weighted by Crippen LogP contribution is 2.21. The van der Waals surface area contributed by atoms with Crippen LogP contribution in [0.5, 0.6) is 0 Å². The second kappa shape index (κ2) is 11.4. The van der Waals surface area contributed by atoms with Gasteiger partial charge in [-0.3, -0.25) is 9.59 Å². The molecule has 4 heterocycles. The third kappa shape index (κ3) is 5.49. The molecule has 0 saturated carbocycles. The number of rotatable bonds is 4. The molecular weight excluding hydrogens is 502 g/mol. The Morgan fingerprint density at radius 3 is 2.55 bits per heavy atom. The number of hydrogen-bond acceptors (Lipinski definition) is 9. The van der Waals surface area contributed by atoms with Crippen molar-refractivity contribution in [3.05, 3.63) is 71.7 Å². The number of anilines is 1. The second-order valence-corrected chi connectivity index (χ2v) is 9.73. The molecule has 194 valence electrons. The number of aryl methyl sites for hydroxylation is 2. The third-order valence-electron chi connectivity index (χ3n) is 6.54. The lowest BCUT2D eigenvalue weighted by Gasteiger charge is -2.31. The number of aromatic nitrogens is 7. The monoisotopic (exact) mass is 529 g/mol. The largest absolute Gasteiger partial charge is 0.339 e. The number of nitrogens with zero attached hydrogens (tertiary/aromatic N) is 8. The summed E-state index contributed by atoms with van der Waals surface area (Å²) >= 11 is 1.16. The van der Waals surface area contributed by atoms with Gasteiger partial charge in [0.15, 0.2) is 0 Å². The van der Waals surface area contributed by atoms with Crippen molar-refractivity contribution in [2.24, 2.45) is 5.92 Å². The zero-order valence-electron chi connectivity index (χ0n) is 21.1. The molecule has 1 N–H and O–H groups in total. The summed E-state index contributed by atoms with van der Waals surface area (Å²) in [6, 6.07) is 15.6. The maximum Gasteiger partial charge on any atom is 0.253 e. The Morgan fingerprint density at radius 2 is 1.84 bits per heavy atom. The Hall–Kier alpha value is -4.32. The number of nitrogens with one attached hydrogen (secondary N) is 1. The average molecular weight is 530 g/mol. The van der Waals surface area contributed by atoms with Crippen LogP contribution >= 0.6 is 11.5 Å². The predicted octanol–water partition coefficient (Wildman–Crippen LogP) is 3.57. The highest BCUT2D eigenvalue weighted by Gasteiger charge is 2.28. The van der Waals surface area contributed by atoms with Crippen LogP contribution in [0.1, 0.15) is 41.4 Å². The van der Waals surface area contributed by atoms with Crippen molar-refractivity contribution >= 4 is 45.2 Å². The van der Waals surface area contributed by atoms with Crippen LogP contribution in [0.25, 0.3) is 16.7 Å². The fourth-order valence-electron chi connectivity index (χ4n) is 4.39. The molecule has 5 aromatic rings. The molecule has 0 radical (unpaired) electrons. The van der Waals surface area contributed by atoms with Gasteiger partial charge in [0.25, 0.3) is 5.91 Å². The van der Waals surface area contributed by atoms with E-state index in [2.05, 4.69) is 42.1 Å². The Labute approximate surface area is 223 Å². The Bertz CT molecular complexity index is 1540. The molecule has 38 heavy (non-hydrogen) atoms. The maximum absolute atomic E-state index is 12.5. The number of likely N-dealkylation sites (tertiary alicyclic amines) is 1. The first-order valence-corrected chi connectivity index (χ1v) is 13.2. The van der Waals surface area contributed by atoms with E-state index in [0.717, 1.165) is 34.7 Å². The third-order valence-corrected chi connectivity index (χ3v) is 7.12. The van der Waals surface area contributed by atoms with Crippen LogP contribution in [0.3, 0.4) is 0 Å². The van der Waals surface area contributed by atoms with E-state index in [1.54, 1.807) is 4.52 Å². The van der Waals surface area contributed by atoms with Crippen molar-refractivity contribution in [2.45, 2.75) is 33.1 Å². The van der Waals surface area contributed by atoms with E-state index >= 15 is 0 Å². The molecule has 1 fully saturated rings. The number of benzene rings is 2. The van der Waals surface area contributed by atoms with Gasteiger partial charge in [-0.2, -0.15) is 8.89 Å². The minimum Gasteiger partial charge on any atom is -0.339 e. The van der Waals surface area contributed by atoms with Gasteiger partial charge in [0.2, 0.25) is 16.7 Å². The summed E-state index contributed by atoms with van der Waals surface area (Å²) in [4.78, 5) is 34.9. The molecule has 1 aliphatic rings. The summed E-state index contributed by atoms with van der Waals surface area (Å²) in [6.45, 7) is 5.19. The van der Waals surface area contributed by atoms with Gasteiger partial charge in [0.05, 0.1) is 16.7 Å². The summed E-state index contributed by atoms with van der Waals surface area (Å²) in [5, 5.41) is 14.8. The maximum atomic E-state index is 12.5. The van der Waals surface area contributed by atoms with Gasteiger partial charge in [0, 0.05) is 36.1 Å². The van der Waals surface area contributed by atoms with Gasteiger partial charge in [0.1, 0.15) is 6.33 Å². The summed E-state index contributed by atoms with van der Waals surface area (Å²) in [7, 11) is 0. The van der Waals surface area contributed by atoms with E-state index in [4.69, 9.17) is 0 Å². The molecule has 0 atom stereocenters. The number of piperidine rings is 1. The SMILES string of the molecule is CCc1ccc(C(=O)N2CCC(C(=O)Nc3ncns3)CC2)cc1.Cc1nc2ccccc2n2nnnc12. The van der Waals surface area contributed by atoms with E-state index in [0.29, 0.717) is 42.3 Å². The standard InChI is InChI=1S/C17H20N4O2S.C9H7N5/c1-2-12-3-5-14(6-4-12)16(23)21-9-7-13(8-10-21)15(22)20-17-18-11-19-24-17;1-6-9-11-12-13-14(9)8-5-3-2-4-7(8)10-6/h3-6,11,13H,2,7-10H2,1H3,(H,18,19,20,22);2-5H,1H3. The van der Waals surface area contributed by atoms with Crippen LogP contribution in [-0.2, 0) is 11.2 Å². The number of hydrogen-bond donors (Lipinski definition) is 1. The number of carbonyl (C=O) groups is 2. The Kier molecular flexibility index (Phi) is 7.59. The normalized spacial score (nSPS) is 13.8. The molecular formula is C26H27N9O2S. The zero-order chi connectivity index (χ0) is 26.5. The van der Waals surface area contributed by atoms with Gasteiger partial charge in [-0.1, -0.05) is 31.2 Å².